The molecule has 0 aliphatic carbocycles. The summed E-state index contributed by atoms with van der Waals surface area (Å²) in [5, 5.41) is 0.917. The third-order valence-corrected chi connectivity index (χ3v) is 3.73. The summed E-state index contributed by atoms with van der Waals surface area (Å²) in [6.45, 7) is 0. The number of H-pyrrole nitrogens is 1. The molecule has 3 aromatic rings. The zero-order chi connectivity index (χ0) is 14.1. The van der Waals surface area contributed by atoms with Crippen molar-refractivity contribution in [2.75, 3.05) is 7.11 Å². The summed E-state index contributed by atoms with van der Waals surface area (Å²) in [5.41, 5.74) is 2.27. The van der Waals surface area contributed by atoms with Gasteiger partial charge in [0, 0.05) is 32.7 Å². The Kier molecular flexibility index (Phi) is 3.32. The zero-order valence-electron chi connectivity index (χ0n) is 10.8. The van der Waals surface area contributed by atoms with Crippen molar-refractivity contribution >= 4 is 32.6 Å². The van der Waals surface area contributed by atoms with Gasteiger partial charge in [-0.1, -0.05) is 15.9 Å². The molecule has 1 heterocycles. The molecule has 0 bridgehead atoms. The Hall–Kier alpha value is -2.07. The minimum atomic E-state index is -0.00277. The second kappa shape index (κ2) is 5.13. The number of aromatic nitrogens is 1. The van der Waals surface area contributed by atoms with Crippen LogP contribution >= 0.6 is 15.9 Å². The fourth-order valence-electron chi connectivity index (χ4n) is 2.18. The highest BCUT2D eigenvalue weighted by molar-refractivity contribution is 9.10. The van der Waals surface area contributed by atoms with Crippen molar-refractivity contribution in [2.24, 2.45) is 0 Å². The number of ketones is 1. The van der Waals surface area contributed by atoms with E-state index in [1.807, 2.05) is 18.2 Å². The van der Waals surface area contributed by atoms with Gasteiger partial charge in [-0.15, -0.1) is 0 Å². The summed E-state index contributed by atoms with van der Waals surface area (Å²) in [4.78, 5) is 15.7. The van der Waals surface area contributed by atoms with Crippen LogP contribution in [0.25, 0.3) is 10.9 Å². The fraction of sp³-hybridized carbons (Fsp3) is 0.0625. The van der Waals surface area contributed by atoms with Crippen LogP contribution in [-0.2, 0) is 0 Å². The van der Waals surface area contributed by atoms with E-state index in [1.165, 1.54) is 0 Å². The van der Waals surface area contributed by atoms with E-state index in [-0.39, 0.29) is 5.78 Å². The van der Waals surface area contributed by atoms with E-state index in [0.29, 0.717) is 11.1 Å². The molecule has 0 amide bonds. The summed E-state index contributed by atoms with van der Waals surface area (Å²) in [6.07, 6.45) is 1.75. The van der Waals surface area contributed by atoms with E-state index in [9.17, 15) is 4.79 Å². The first-order chi connectivity index (χ1) is 9.69. The highest BCUT2D eigenvalue weighted by atomic mass is 79.9. The molecule has 1 aromatic heterocycles. The largest absolute Gasteiger partial charge is 0.497 e. The third kappa shape index (κ3) is 2.23. The lowest BCUT2D eigenvalue weighted by Gasteiger charge is -2.02. The highest BCUT2D eigenvalue weighted by Gasteiger charge is 2.14. The normalized spacial score (nSPS) is 10.7. The van der Waals surface area contributed by atoms with Gasteiger partial charge in [-0.25, -0.2) is 0 Å². The lowest BCUT2D eigenvalue weighted by Crippen LogP contribution is -2.00. The van der Waals surface area contributed by atoms with Gasteiger partial charge in [0.2, 0.25) is 0 Å². The van der Waals surface area contributed by atoms with Gasteiger partial charge in [0.1, 0.15) is 5.75 Å². The van der Waals surface area contributed by atoms with Gasteiger partial charge >= 0.3 is 0 Å². The molecular weight excluding hydrogens is 318 g/mol. The molecule has 0 fully saturated rings. The SMILES string of the molecule is COc1ccc(C(=O)c2c[nH]c3ccc(Br)cc23)cc1. The summed E-state index contributed by atoms with van der Waals surface area (Å²) in [6, 6.07) is 13.0. The van der Waals surface area contributed by atoms with Gasteiger partial charge in [0.15, 0.2) is 5.78 Å². The van der Waals surface area contributed by atoms with Gasteiger partial charge < -0.3 is 9.72 Å². The fourth-order valence-corrected chi connectivity index (χ4v) is 2.54. The molecule has 100 valence electrons. The van der Waals surface area contributed by atoms with Crippen LogP contribution in [0.4, 0.5) is 0 Å². The number of aromatic amines is 1. The summed E-state index contributed by atoms with van der Waals surface area (Å²) >= 11 is 3.43. The standard InChI is InChI=1S/C16H12BrNO2/c1-20-12-5-2-10(3-6-12)16(19)14-9-18-15-7-4-11(17)8-13(14)15/h2-9,18H,1H3. The predicted molar refractivity (Wildman–Crippen MR) is 82.4 cm³/mol. The lowest BCUT2D eigenvalue weighted by molar-refractivity contribution is 0.104. The van der Waals surface area contributed by atoms with Gasteiger partial charge in [0.25, 0.3) is 0 Å². The van der Waals surface area contributed by atoms with Crippen molar-refractivity contribution < 1.29 is 9.53 Å². The van der Waals surface area contributed by atoms with Crippen LogP contribution in [0.1, 0.15) is 15.9 Å². The first-order valence-electron chi connectivity index (χ1n) is 6.14. The van der Waals surface area contributed by atoms with Gasteiger partial charge in [0.05, 0.1) is 7.11 Å². The minimum absolute atomic E-state index is 0.00277. The van der Waals surface area contributed by atoms with Crippen molar-refractivity contribution in [1.82, 2.24) is 4.98 Å². The third-order valence-electron chi connectivity index (χ3n) is 3.24. The van der Waals surface area contributed by atoms with E-state index in [2.05, 4.69) is 20.9 Å². The number of benzene rings is 2. The number of nitrogens with one attached hydrogen (secondary N) is 1. The zero-order valence-corrected chi connectivity index (χ0v) is 12.4. The van der Waals surface area contributed by atoms with Crippen LogP contribution in [0.5, 0.6) is 5.75 Å². The monoisotopic (exact) mass is 329 g/mol. The maximum absolute atomic E-state index is 12.6. The van der Waals surface area contributed by atoms with E-state index in [1.54, 1.807) is 37.6 Å². The second-order valence-electron chi connectivity index (χ2n) is 4.45. The average molecular weight is 330 g/mol. The van der Waals surface area contributed by atoms with Crippen molar-refractivity contribution in [3.05, 3.63) is 64.3 Å². The van der Waals surface area contributed by atoms with Crippen molar-refractivity contribution in [2.45, 2.75) is 0 Å². The minimum Gasteiger partial charge on any atom is -0.497 e. The maximum atomic E-state index is 12.6. The molecule has 0 saturated carbocycles. The number of methoxy groups -OCH3 is 1. The molecule has 1 N–H and O–H groups in total. The topological polar surface area (TPSA) is 42.1 Å². The quantitative estimate of drug-likeness (QED) is 0.733. The molecule has 0 saturated heterocycles. The molecule has 0 spiro atoms. The van der Waals surface area contributed by atoms with Crippen molar-refractivity contribution in [3.63, 3.8) is 0 Å². The smallest absolute Gasteiger partial charge is 0.195 e. The molecule has 0 aliphatic heterocycles. The number of rotatable bonds is 3. The summed E-state index contributed by atoms with van der Waals surface area (Å²) < 4.78 is 6.05. The summed E-state index contributed by atoms with van der Waals surface area (Å²) in [5.74, 6) is 0.736. The molecule has 0 aliphatic rings. The number of ether oxygens (including phenoxy) is 1. The Morgan fingerprint density at radius 2 is 1.90 bits per heavy atom. The maximum Gasteiger partial charge on any atom is 0.195 e. The Morgan fingerprint density at radius 3 is 2.60 bits per heavy atom. The van der Waals surface area contributed by atoms with Gasteiger partial charge in [-0.05, 0) is 42.5 Å². The predicted octanol–water partition coefficient (Wildman–Crippen LogP) is 4.17. The second-order valence-corrected chi connectivity index (χ2v) is 5.37. The van der Waals surface area contributed by atoms with Crippen LogP contribution < -0.4 is 4.74 Å². The van der Waals surface area contributed by atoms with Crippen molar-refractivity contribution in [1.29, 1.82) is 0 Å². The average Bonchev–Trinajstić information content (AvgIpc) is 2.89. The Bertz CT molecular complexity index is 775. The van der Waals surface area contributed by atoms with Gasteiger partial charge in [-0.3, -0.25) is 4.79 Å². The van der Waals surface area contributed by atoms with Crippen LogP contribution in [0.3, 0.4) is 0 Å². The molecule has 0 atom stereocenters. The van der Waals surface area contributed by atoms with Crippen LogP contribution in [0, 0.1) is 0 Å². The molecular formula is C16H12BrNO2. The van der Waals surface area contributed by atoms with Crippen molar-refractivity contribution in [3.8, 4) is 5.75 Å². The van der Waals surface area contributed by atoms with Gasteiger partial charge in [-0.2, -0.15) is 0 Å². The van der Waals surface area contributed by atoms with E-state index in [4.69, 9.17) is 4.74 Å². The molecule has 0 radical (unpaired) electrons. The lowest BCUT2D eigenvalue weighted by atomic mass is 10.0. The summed E-state index contributed by atoms with van der Waals surface area (Å²) in [7, 11) is 1.61. The number of carbonyl (C=O) groups excluding carboxylic acids is 1. The van der Waals surface area contributed by atoms with Crippen LogP contribution in [0.2, 0.25) is 0 Å². The number of halogens is 1. The van der Waals surface area contributed by atoms with E-state index in [0.717, 1.165) is 21.1 Å². The van der Waals surface area contributed by atoms with E-state index < -0.39 is 0 Å². The Morgan fingerprint density at radius 1 is 1.15 bits per heavy atom. The van der Waals surface area contributed by atoms with E-state index >= 15 is 0 Å². The number of carbonyl (C=O) groups is 1. The molecule has 3 rings (SSSR count). The number of fused-ring (bicyclic) bond motifs is 1. The molecule has 4 heteroatoms. The number of hydrogen-bond acceptors (Lipinski definition) is 2. The molecule has 2 aromatic carbocycles. The first kappa shape index (κ1) is 12.9. The first-order valence-corrected chi connectivity index (χ1v) is 6.94. The molecule has 20 heavy (non-hydrogen) atoms. The Balaban J connectivity index is 2.05. The molecule has 0 unspecified atom stereocenters. The Labute approximate surface area is 124 Å². The molecule has 3 nitrogen and oxygen atoms in total. The number of hydrogen-bond donors (Lipinski definition) is 1. The highest BCUT2D eigenvalue weighted by Crippen LogP contribution is 2.25. The van der Waals surface area contributed by atoms with Crippen LogP contribution in [-0.4, -0.2) is 17.9 Å². The van der Waals surface area contributed by atoms with Crippen LogP contribution in [0.15, 0.2) is 53.1 Å².